The summed E-state index contributed by atoms with van der Waals surface area (Å²) in [6.07, 6.45) is 3.82. The molecule has 1 atom stereocenters. The molecule has 0 aliphatic heterocycles. The number of carbonyl (C=O) groups excluding carboxylic acids is 1. The third kappa shape index (κ3) is 3.31. The van der Waals surface area contributed by atoms with E-state index < -0.39 is 0 Å². The number of ketones is 1. The smallest absolute Gasteiger partial charge is 0.184 e. The van der Waals surface area contributed by atoms with Gasteiger partial charge >= 0.3 is 0 Å². The second-order valence-electron chi connectivity index (χ2n) is 3.84. The number of ether oxygens (including phenoxy) is 1. The zero-order chi connectivity index (χ0) is 9.84. The van der Waals surface area contributed by atoms with Crippen molar-refractivity contribution in [1.29, 1.82) is 0 Å². The van der Waals surface area contributed by atoms with Gasteiger partial charge in [-0.15, -0.1) is 0 Å². The Morgan fingerprint density at radius 3 is 2.54 bits per heavy atom. The van der Waals surface area contributed by atoms with E-state index in [2.05, 4.69) is 0 Å². The topological polar surface area (TPSA) is 26.3 Å². The first-order valence-electron chi connectivity index (χ1n) is 4.95. The molecule has 1 aliphatic rings. The van der Waals surface area contributed by atoms with Crippen molar-refractivity contribution in [3.8, 4) is 0 Å². The van der Waals surface area contributed by atoms with Crippen molar-refractivity contribution in [2.45, 2.75) is 39.7 Å². The molecule has 0 aromatic heterocycles. The molecule has 0 radical (unpaired) electrons. The zero-order valence-corrected chi connectivity index (χ0v) is 8.67. The van der Waals surface area contributed by atoms with Gasteiger partial charge in [-0.3, -0.25) is 4.79 Å². The molecule has 2 nitrogen and oxygen atoms in total. The number of hydrogen-bond donors (Lipinski definition) is 0. The van der Waals surface area contributed by atoms with Gasteiger partial charge in [-0.05, 0) is 45.6 Å². The molecule has 2 heteroatoms. The third-order valence-corrected chi connectivity index (χ3v) is 2.11. The van der Waals surface area contributed by atoms with E-state index in [1.54, 1.807) is 6.08 Å². The molecule has 0 bridgehead atoms. The summed E-state index contributed by atoms with van der Waals surface area (Å²) in [5, 5.41) is 0. The van der Waals surface area contributed by atoms with E-state index in [1.165, 1.54) is 0 Å². The minimum atomic E-state index is -0.167. The van der Waals surface area contributed by atoms with E-state index in [4.69, 9.17) is 4.74 Å². The fourth-order valence-corrected chi connectivity index (χ4v) is 1.40. The minimum Gasteiger partial charge on any atom is -0.370 e. The summed E-state index contributed by atoms with van der Waals surface area (Å²) in [4.78, 5) is 11.6. The Hall–Kier alpha value is -0.630. The van der Waals surface area contributed by atoms with Crippen molar-refractivity contribution in [3.05, 3.63) is 11.6 Å². The number of hydrogen-bond acceptors (Lipinski definition) is 2. The van der Waals surface area contributed by atoms with Crippen LogP contribution in [0.3, 0.4) is 0 Å². The molecule has 0 heterocycles. The van der Waals surface area contributed by atoms with Crippen molar-refractivity contribution < 1.29 is 9.53 Å². The summed E-state index contributed by atoms with van der Waals surface area (Å²) >= 11 is 0. The monoisotopic (exact) mass is 182 g/mol. The summed E-state index contributed by atoms with van der Waals surface area (Å²) in [7, 11) is 0. The lowest BCUT2D eigenvalue weighted by Crippen LogP contribution is -2.25. The van der Waals surface area contributed by atoms with Crippen LogP contribution in [0.4, 0.5) is 0 Å². The maximum Gasteiger partial charge on any atom is 0.184 e. The average molecular weight is 182 g/mol. The molecule has 0 aromatic carbocycles. The van der Waals surface area contributed by atoms with Crippen LogP contribution in [0.1, 0.15) is 33.6 Å². The van der Waals surface area contributed by atoms with Crippen molar-refractivity contribution in [1.82, 2.24) is 0 Å². The number of carbonyl (C=O) groups is 1. The first-order chi connectivity index (χ1) is 6.15. The Morgan fingerprint density at radius 2 is 2.15 bits per heavy atom. The largest absolute Gasteiger partial charge is 0.370 e. The van der Waals surface area contributed by atoms with Gasteiger partial charge in [0.15, 0.2) is 5.78 Å². The van der Waals surface area contributed by atoms with E-state index in [0.29, 0.717) is 12.5 Å². The summed E-state index contributed by atoms with van der Waals surface area (Å²) in [6.45, 7) is 6.44. The first kappa shape index (κ1) is 10.5. The van der Waals surface area contributed by atoms with Crippen molar-refractivity contribution >= 4 is 5.78 Å². The first-order valence-corrected chi connectivity index (χ1v) is 4.95. The van der Waals surface area contributed by atoms with Crippen LogP contribution in [0.25, 0.3) is 0 Å². The SMILES string of the molecule is CCOC(C(=O)C=C(C)C)C1CC1. The van der Waals surface area contributed by atoms with Gasteiger partial charge in [-0.2, -0.15) is 0 Å². The van der Waals surface area contributed by atoms with Gasteiger partial charge in [-0.1, -0.05) is 5.57 Å². The van der Waals surface area contributed by atoms with Gasteiger partial charge in [0.05, 0.1) is 0 Å². The highest BCUT2D eigenvalue weighted by atomic mass is 16.5. The Labute approximate surface area is 80.0 Å². The molecule has 1 saturated carbocycles. The van der Waals surface area contributed by atoms with Crippen molar-refractivity contribution in [3.63, 3.8) is 0 Å². The van der Waals surface area contributed by atoms with E-state index >= 15 is 0 Å². The van der Waals surface area contributed by atoms with Gasteiger partial charge in [0.1, 0.15) is 6.10 Å². The van der Waals surface area contributed by atoms with Crippen LogP contribution < -0.4 is 0 Å². The lowest BCUT2D eigenvalue weighted by molar-refractivity contribution is -0.126. The molecule has 1 fully saturated rings. The summed E-state index contributed by atoms with van der Waals surface area (Å²) in [6, 6.07) is 0. The highest BCUT2D eigenvalue weighted by Crippen LogP contribution is 2.35. The lowest BCUT2D eigenvalue weighted by atomic mass is 10.1. The maximum absolute atomic E-state index is 11.6. The van der Waals surface area contributed by atoms with Crippen LogP contribution in [-0.4, -0.2) is 18.5 Å². The maximum atomic E-state index is 11.6. The summed E-state index contributed by atoms with van der Waals surface area (Å²) < 4.78 is 5.43. The Bertz CT molecular complexity index is 210. The predicted molar refractivity (Wildman–Crippen MR) is 52.6 cm³/mol. The molecule has 13 heavy (non-hydrogen) atoms. The normalized spacial score (nSPS) is 18.1. The molecule has 0 spiro atoms. The van der Waals surface area contributed by atoms with Crippen molar-refractivity contribution in [2.75, 3.05) is 6.61 Å². The second-order valence-corrected chi connectivity index (χ2v) is 3.84. The Kier molecular flexibility index (Phi) is 3.67. The van der Waals surface area contributed by atoms with E-state index in [0.717, 1.165) is 18.4 Å². The number of allylic oxidation sites excluding steroid dienone is 1. The molecule has 1 rings (SSSR count). The molecule has 0 saturated heterocycles. The quantitative estimate of drug-likeness (QED) is 0.610. The summed E-state index contributed by atoms with van der Waals surface area (Å²) in [5.74, 6) is 0.632. The van der Waals surface area contributed by atoms with Gasteiger partial charge < -0.3 is 4.74 Å². The number of rotatable bonds is 5. The molecular formula is C11H18O2. The molecule has 0 aromatic rings. The van der Waals surface area contributed by atoms with Gasteiger partial charge in [0.25, 0.3) is 0 Å². The highest BCUT2D eigenvalue weighted by Gasteiger charge is 2.35. The fourth-order valence-electron chi connectivity index (χ4n) is 1.40. The lowest BCUT2D eigenvalue weighted by Gasteiger charge is -2.12. The van der Waals surface area contributed by atoms with Crippen LogP contribution in [0.5, 0.6) is 0 Å². The predicted octanol–water partition coefficient (Wildman–Crippen LogP) is 2.34. The standard InChI is InChI=1S/C11H18O2/c1-4-13-11(9-5-6-9)10(12)7-8(2)3/h7,9,11H,4-6H2,1-3H3. The van der Waals surface area contributed by atoms with Crippen LogP contribution >= 0.6 is 0 Å². The summed E-state index contributed by atoms with van der Waals surface area (Å²) in [5.41, 5.74) is 1.05. The Balaban J connectivity index is 2.53. The van der Waals surface area contributed by atoms with Crippen LogP contribution in [0.15, 0.2) is 11.6 Å². The van der Waals surface area contributed by atoms with Crippen LogP contribution in [0.2, 0.25) is 0 Å². The minimum absolute atomic E-state index is 0.143. The molecule has 0 amide bonds. The third-order valence-electron chi connectivity index (χ3n) is 2.11. The van der Waals surface area contributed by atoms with Crippen LogP contribution in [-0.2, 0) is 9.53 Å². The molecule has 74 valence electrons. The molecule has 1 aliphatic carbocycles. The van der Waals surface area contributed by atoms with Gasteiger partial charge in [-0.25, -0.2) is 0 Å². The zero-order valence-electron chi connectivity index (χ0n) is 8.67. The average Bonchev–Trinajstić information content (AvgIpc) is 2.81. The van der Waals surface area contributed by atoms with Gasteiger partial charge in [0.2, 0.25) is 0 Å². The Morgan fingerprint density at radius 1 is 1.54 bits per heavy atom. The van der Waals surface area contributed by atoms with Crippen molar-refractivity contribution in [2.24, 2.45) is 5.92 Å². The second kappa shape index (κ2) is 4.56. The molecular weight excluding hydrogens is 164 g/mol. The molecule has 1 unspecified atom stereocenters. The molecule has 0 N–H and O–H groups in total. The van der Waals surface area contributed by atoms with E-state index in [-0.39, 0.29) is 11.9 Å². The van der Waals surface area contributed by atoms with E-state index in [1.807, 2.05) is 20.8 Å². The van der Waals surface area contributed by atoms with Crippen LogP contribution in [0, 0.1) is 5.92 Å². The fraction of sp³-hybridized carbons (Fsp3) is 0.727. The highest BCUT2D eigenvalue weighted by molar-refractivity contribution is 5.94. The van der Waals surface area contributed by atoms with Gasteiger partial charge in [0, 0.05) is 6.61 Å². The van der Waals surface area contributed by atoms with E-state index in [9.17, 15) is 4.79 Å².